The summed E-state index contributed by atoms with van der Waals surface area (Å²) in [6.07, 6.45) is 5.33. The van der Waals surface area contributed by atoms with Gasteiger partial charge in [-0.05, 0) is 24.8 Å². The predicted molar refractivity (Wildman–Crippen MR) is 168 cm³/mol. The molecule has 4 atom stereocenters. The molecule has 0 aliphatic carbocycles. The average molecular weight is 641 g/mol. The van der Waals surface area contributed by atoms with Crippen LogP contribution in [0.3, 0.4) is 0 Å². The van der Waals surface area contributed by atoms with Gasteiger partial charge in [0.2, 0.25) is 15.8 Å². The number of carboxylic acids is 1. The summed E-state index contributed by atoms with van der Waals surface area (Å²) in [4.78, 5) is 28.5. The van der Waals surface area contributed by atoms with Crippen LogP contribution >= 0.6 is 23.1 Å². The van der Waals surface area contributed by atoms with Crippen molar-refractivity contribution in [3.05, 3.63) is 58.5 Å². The molecule has 12 heteroatoms. The minimum atomic E-state index is -1.10. The van der Waals surface area contributed by atoms with Crippen LogP contribution in [0, 0.1) is 11.8 Å². The van der Waals surface area contributed by atoms with Gasteiger partial charge < -0.3 is 29.2 Å². The van der Waals surface area contributed by atoms with E-state index < -0.39 is 18.0 Å². The van der Waals surface area contributed by atoms with Crippen molar-refractivity contribution in [3.63, 3.8) is 0 Å². The number of imidazole rings is 1. The van der Waals surface area contributed by atoms with Gasteiger partial charge in [0.1, 0.15) is 70.8 Å². The van der Waals surface area contributed by atoms with E-state index in [1.54, 1.807) is 30.0 Å². The number of amides is 1. The lowest BCUT2D eigenvalue weighted by molar-refractivity contribution is -1.09. The van der Waals surface area contributed by atoms with Crippen molar-refractivity contribution in [2.75, 3.05) is 58.7 Å². The van der Waals surface area contributed by atoms with Crippen LogP contribution in [-0.2, 0) is 22.7 Å². The van der Waals surface area contributed by atoms with Gasteiger partial charge >= 0.3 is 5.97 Å². The zero-order chi connectivity index (χ0) is 31.0. The van der Waals surface area contributed by atoms with Crippen LogP contribution in [0.15, 0.2) is 47.5 Å². The molecule has 4 saturated heterocycles. The fourth-order valence-electron chi connectivity index (χ4n) is 8.41. The number of fused-ring (bicyclic) bond motifs is 5. The van der Waals surface area contributed by atoms with Gasteiger partial charge in [0.25, 0.3) is 6.33 Å². The number of β-lactam (4-membered cyclic amide) rings is 1. The van der Waals surface area contributed by atoms with Crippen molar-refractivity contribution in [1.29, 1.82) is 0 Å². The normalized spacial score (nSPS) is 30.2. The number of rotatable bonds is 10. The molecule has 44 heavy (non-hydrogen) atoms. The van der Waals surface area contributed by atoms with E-state index in [-0.39, 0.29) is 30.2 Å². The molecule has 234 valence electrons. The van der Waals surface area contributed by atoms with Gasteiger partial charge in [-0.15, -0.1) is 0 Å². The summed E-state index contributed by atoms with van der Waals surface area (Å²) in [6, 6.07) is 8.64. The zero-order valence-electron chi connectivity index (χ0n) is 25.6. The SMILES string of the molecule is CSc1c2sc(C3=C(C(=O)O)N4C(=O)[C@H]([C@@H](C)O)[C@H]4[C@H]3C)cn2c[n+]1Cc1cccc(C[N+]23CC[N+](CCO)(CC2)CC3)c1. The van der Waals surface area contributed by atoms with E-state index in [9.17, 15) is 24.9 Å². The summed E-state index contributed by atoms with van der Waals surface area (Å²) in [5, 5.41) is 31.0. The Hall–Kier alpha value is -2.74. The third-order valence-electron chi connectivity index (χ3n) is 10.8. The van der Waals surface area contributed by atoms with Crippen molar-refractivity contribution in [1.82, 2.24) is 9.30 Å². The third kappa shape index (κ3) is 4.64. The second-order valence-corrected chi connectivity index (χ2v) is 15.2. The highest BCUT2D eigenvalue weighted by Crippen LogP contribution is 2.51. The smallest absolute Gasteiger partial charge is 0.352 e. The molecular weight excluding hydrogens is 599 g/mol. The number of quaternary nitrogens is 2. The van der Waals surface area contributed by atoms with Gasteiger partial charge in [-0.25, -0.2) is 9.36 Å². The Labute approximate surface area is 265 Å². The fourth-order valence-corrected chi connectivity index (χ4v) is 10.6. The van der Waals surface area contributed by atoms with Gasteiger partial charge in [-0.3, -0.25) is 4.79 Å². The van der Waals surface area contributed by atoms with Crippen LogP contribution in [0.1, 0.15) is 29.9 Å². The van der Waals surface area contributed by atoms with E-state index >= 15 is 0 Å². The summed E-state index contributed by atoms with van der Waals surface area (Å²) in [6.45, 7) is 13.6. The van der Waals surface area contributed by atoms with Gasteiger partial charge in [-0.1, -0.05) is 48.2 Å². The van der Waals surface area contributed by atoms with Crippen molar-refractivity contribution >= 4 is 45.4 Å². The maximum absolute atomic E-state index is 12.8. The van der Waals surface area contributed by atoms with E-state index in [4.69, 9.17) is 0 Å². The van der Waals surface area contributed by atoms with Crippen molar-refractivity contribution in [2.24, 2.45) is 11.8 Å². The first kappa shape index (κ1) is 29.9. The number of aliphatic hydroxyl groups is 2. The molecule has 3 N–H and O–H groups in total. The molecule has 7 heterocycles. The van der Waals surface area contributed by atoms with E-state index in [1.807, 2.05) is 13.1 Å². The zero-order valence-corrected chi connectivity index (χ0v) is 27.2. The molecule has 0 radical (unpaired) electrons. The molecule has 8 rings (SSSR count). The monoisotopic (exact) mass is 640 g/mol. The number of carboxylic acid groups (broad SMARTS) is 1. The minimum absolute atomic E-state index is 0.0520. The average Bonchev–Trinajstić information content (AvgIpc) is 3.61. The molecule has 0 spiro atoms. The lowest BCUT2D eigenvalue weighted by Crippen LogP contribution is -2.74. The van der Waals surface area contributed by atoms with Crippen LogP contribution in [0.5, 0.6) is 0 Å². The number of hydrogen-bond acceptors (Lipinski definition) is 6. The lowest BCUT2D eigenvalue weighted by atomic mass is 9.77. The maximum Gasteiger partial charge on any atom is 0.352 e. The third-order valence-corrected chi connectivity index (χ3v) is 12.9. The van der Waals surface area contributed by atoms with Gasteiger partial charge in [0.15, 0.2) is 0 Å². The number of aromatic nitrogens is 2. The number of carbonyl (C=O) groups excluding carboxylic acids is 1. The number of carbonyl (C=O) groups is 2. The quantitative estimate of drug-likeness (QED) is 0.135. The second kappa shape index (κ2) is 11.0. The summed E-state index contributed by atoms with van der Waals surface area (Å²) >= 11 is 3.24. The van der Waals surface area contributed by atoms with Crippen LogP contribution in [0.25, 0.3) is 10.4 Å². The first-order valence-electron chi connectivity index (χ1n) is 15.5. The molecule has 2 bridgehead atoms. The topological polar surface area (TPSA) is 106 Å². The summed E-state index contributed by atoms with van der Waals surface area (Å²) in [5.74, 6) is -2.17. The van der Waals surface area contributed by atoms with E-state index in [0.717, 1.165) is 63.0 Å². The van der Waals surface area contributed by atoms with Gasteiger partial charge in [0, 0.05) is 17.1 Å². The van der Waals surface area contributed by atoms with Crippen LogP contribution in [0.2, 0.25) is 0 Å². The summed E-state index contributed by atoms with van der Waals surface area (Å²) in [5.41, 5.74) is 3.36. The largest absolute Gasteiger partial charge is 0.477 e. The Kier molecular flexibility index (Phi) is 7.46. The lowest BCUT2D eigenvalue weighted by Gasteiger charge is -2.55. The number of thiazole rings is 1. The fraction of sp³-hybridized carbons (Fsp3) is 0.531. The first-order valence-corrected chi connectivity index (χ1v) is 17.6. The summed E-state index contributed by atoms with van der Waals surface area (Å²) < 4.78 is 6.58. The second-order valence-electron chi connectivity index (χ2n) is 13.3. The van der Waals surface area contributed by atoms with E-state index in [0.29, 0.717) is 5.57 Å². The Bertz CT molecular complexity index is 1650. The van der Waals surface area contributed by atoms with Crippen LogP contribution in [-0.4, -0.2) is 116 Å². The predicted octanol–water partition coefficient (Wildman–Crippen LogP) is 1.86. The van der Waals surface area contributed by atoms with Crippen molar-refractivity contribution < 1.29 is 38.4 Å². The molecular formula is C32H42N5O5S2+3. The number of hydrogen-bond donors (Lipinski definition) is 3. The van der Waals surface area contributed by atoms with E-state index in [2.05, 4.69) is 45.8 Å². The standard InChI is InChI=1S/C32H41N5O5S2/c1-20-25(28(32(41)42)35-27(20)26(21(2)39)29(35)40)24-17-34-19-33(30(43-3)31(34)44-24)16-22-5-4-6-23(15-22)18-37-10-7-36(8-11-37,9-12-37)13-14-38/h4-6,15,17,19-21,26-27,38-39H,7-14,16,18H2,1-3H3/q+2/p+1/t20-,21+,26+,27+,36?,37?/m0/s1. The minimum Gasteiger partial charge on any atom is -0.477 e. The molecule has 10 nitrogen and oxygen atoms in total. The molecule has 3 aromatic rings. The molecule has 2 aromatic heterocycles. The Morgan fingerprint density at radius 1 is 1.16 bits per heavy atom. The highest BCUT2D eigenvalue weighted by molar-refractivity contribution is 7.98. The number of aliphatic carboxylic acids is 1. The summed E-state index contributed by atoms with van der Waals surface area (Å²) in [7, 11) is 0. The van der Waals surface area contributed by atoms with Gasteiger partial charge in [-0.2, -0.15) is 4.40 Å². The van der Waals surface area contributed by atoms with Crippen LogP contribution in [0.4, 0.5) is 0 Å². The van der Waals surface area contributed by atoms with E-state index in [1.165, 1.54) is 35.7 Å². The number of thioether (sulfide) groups is 1. The Balaban J connectivity index is 1.13. The number of aliphatic hydroxyl groups excluding tert-OH is 2. The van der Waals surface area contributed by atoms with Crippen LogP contribution < -0.4 is 4.57 Å². The molecule has 5 aliphatic heterocycles. The molecule has 1 aromatic carbocycles. The number of piperazine rings is 3. The number of nitrogens with zero attached hydrogens (tertiary/aromatic N) is 5. The van der Waals surface area contributed by atoms with Crippen molar-refractivity contribution in [2.45, 2.75) is 44.1 Å². The van der Waals surface area contributed by atoms with Gasteiger partial charge in [0.05, 0.1) is 29.5 Å². The highest BCUT2D eigenvalue weighted by atomic mass is 32.2. The molecule has 0 saturated carbocycles. The Morgan fingerprint density at radius 2 is 1.84 bits per heavy atom. The molecule has 5 aliphatic rings. The molecule has 0 unspecified atom stereocenters. The Morgan fingerprint density at radius 3 is 2.48 bits per heavy atom. The maximum atomic E-state index is 12.8. The molecule has 4 fully saturated rings. The number of benzene rings is 1. The first-order chi connectivity index (χ1) is 21.1. The molecule has 1 amide bonds. The highest BCUT2D eigenvalue weighted by Gasteiger charge is 2.60. The van der Waals surface area contributed by atoms with Crippen molar-refractivity contribution in [3.8, 4) is 0 Å².